The minimum atomic E-state index is -0.257. The van der Waals surface area contributed by atoms with Crippen LogP contribution >= 0.6 is 0 Å². The number of carbonyl (C=O) groups excluding carboxylic acids is 1. The molecule has 4 saturated carbocycles. The molecule has 0 N–H and O–H groups in total. The minimum absolute atomic E-state index is 0.0253. The second-order valence-electron chi connectivity index (χ2n) is 11.6. The van der Waals surface area contributed by atoms with Crippen LogP contribution in [0.3, 0.4) is 0 Å². The third-order valence-electron chi connectivity index (χ3n) is 9.68. The van der Waals surface area contributed by atoms with E-state index in [1.54, 1.807) is 0 Å². The number of alkyl halides is 1. The molecular formula is C26H34FNO. The van der Waals surface area contributed by atoms with E-state index in [1.165, 1.54) is 31.5 Å². The van der Waals surface area contributed by atoms with Crippen LogP contribution < -0.4 is 0 Å². The van der Waals surface area contributed by atoms with Crippen molar-refractivity contribution in [2.45, 2.75) is 63.2 Å². The monoisotopic (exact) mass is 395 g/mol. The van der Waals surface area contributed by atoms with E-state index in [0.29, 0.717) is 17.6 Å². The highest BCUT2D eigenvalue weighted by Crippen LogP contribution is 2.70. The molecule has 3 heteroatoms. The van der Waals surface area contributed by atoms with Gasteiger partial charge in [-0.3, -0.25) is 9.18 Å². The third-order valence-corrected chi connectivity index (χ3v) is 9.68. The zero-order valence-electron chi connectivity index (χ0n) is 17.5. The lowest BCUT2D eigenvalue weighted by Crippen LogP contribution is -2.62. The molecule has 7 fully saturated rings. The summed E-state index contributed by atoms with van der Waals surface area (Å²) in [6.45, 7) is 3.33. The molecule has 2 unspecified atom stereocenters. The standard InChI is InChI=1S/C26H34FNO/c27-18-24-11-19-12-25(15-24,22-4-2-1-3-5-22)17-26(13-19,16-24)23(29)10-21-14-28-8-6-20(21)7-9-28/h1-5,19-21H,6-18H2/t19?,21-,24+,25-,26?/m0/s1. The summed E-state index contributed by atoms with van der Waals surface area (Å²) in [5, 5.41) is 0. The van der Waals surface area contributed by atoms with Crippen LogP contribution in [0.5, 0.6) is 0 Å². The van der Waals surface area contributed by atoms with Crippen molar-refractivity contribution in [2.75, 3.05) is 26.3 Å². The average molecular weight is 396 g/mol. The van der Waals surface area contributed by atoms with Gasteiger partial charge >= 0.3 is 0 Å². The Hall–Kier alpha value is -1.22. The Morgan fingerprint density at radius 1 is 1.03 bits per heavy atom. The minimum Gasteiger partial charge on any atom is -0.303 e. The second kappa shape index (κ2) is 6.39. The first-order valence-corrected chi connectivity index (χ1v) is 11.9. The number of carbonyl (C=O) groups is 1. The molecule has 0 aromatic heterocycles. The molecule has 8 rings (SSSR count). The van der Waals surface area contributed by atoms with Gasteiger partial charge in [-0.15, -0.1) is 0 Å². The lowest BCUT2D eigenvalue weighted by atomic mass is 9.37. The average Bonchev–Trinajstić information content (AvgIpc) is 2.74. The Bertz CT molecular complexity index is 802. The van der Waals surface area contributed by atoms with Gasteiger partial charge in [0.2, 0.25) is 0 Å². The van der Waals surface area contributed by atoms with Gasteiger partial charge in [-0.1, -0.05) is 30.3 Å². The molecule has 29 heavy (non-hydrogen) atoms. The van der Waals surface area contributed by atoms with Crippen LogP contribution in [0.2, 0.25) is 0 Å². The van der Waals surface area contributed by atoms with Crippen molar-refractivity contribution >= 4 is 5.78 Å². The van der Waals surface area contributed by atoms with Gasteiger partial charge in [0.15, 0.2) is 0 Å². The van der Waals surface area contributed by atoms with Crippen LogP contribution in [0, 0.1) is 28.6 Å². The van der Waals surface area contributed by atoms with E-state index < -0.39 is 0 Å². The molecule has 3 aliphatic heterocycles. The largest absolute Gasteiger partial charge is 0.303 e. The van der Waals surface area contributed by atoms with Crippen LogP contribution in [0.15, 0.2) is 30.3 Å². The van der Waals surface area contributed by atoms with E-state index >= 15 is 0 Å². The fraction of sp³-hybridized carbons (Fsp3) is 0.731. The molecule has 3 saturated heterocycles. The van der Waals surface area contributed by atoms with Crippen molar-refractivity contribution in [1.82, 2.24) is 4.90 Å². The summed E-state index contributed by atoms with van der Waals surface area (Å²) in [4.78, 5) is 16.5. The predicted molar refractivity (Wildman–Crippen MR) is 112 cm³/mol. The first kappa shape index (κ1) is 18.5. The smallest absolute Gasteiger partial charge is 0.139 e. The van der Waals surface area contributed by atoms with Crippen molar-refractivity contribution in [3.05, 3.63) is 35.9 Å². The topological polar surface area (TPSA) is 20.3 Å². The molecule has 1 aromatic carbocycles. The fourth-order valence-corrected chi connectivity index (χ4v) is 8.99. The highest BCUT2D eigenvalue weighted by molar-refractivity contribution is 5.86. The van der Waals surface area contributed by atoms with Crippen LogP contribution in [-0.4, -0.2) is 37.0 Å². The summed E-state index contributed by atoms with van der Waals surface area (Å²) in [6.07, 6.45) is 9.24. The molecule has 7 aliphatic rings. The zero-order valence-corrected chi connectivity index (χ0v) is 17.5. The number of nitrogens with zero attached hydrogens (tertiary/aromatic N) is 1. The summed E-state index contributed by atoms with van der Waals surface area (Å²) in [5.41, 5.74) is 0.882. The first-order valence-electron chi connectivity index (χ1n) is 11.9. The summed E-state index contributed by atoms with van der Waals surface area (Å²) in [6, 6.07) is 10.8. The van der Waals surface area contributed by atoms with E-state index in [1.807, 2.05) is 0 Å². The van der Waals surface area contributed by atoms with Gasteiger partial charge in [0.05, 0.1) is 6.67 Å². The Kier molecular flexibility index (Phi) is 4.08. The normalized spacial score (nSPS) is 47.5. The molecule has 2 nitrogen and oxygen atoms in total. The van der Waals surface area contributed by atoms with Crippen LogP contribution in [-0.2, 0) is 10.2 Å². The van der Waals surface area contributed by atoms with Crippen molar-refractivity contribution in [1.29, 1.82) is 0 Å². The number of piperidine rings is 3. The van der Waals surface area contributed by atoms with Crippen LogP contribution in [0.25, 0.3) is 0 Å². The first-order chi connectivity index (χ1) is 14.0. The van der Waals surface area contributed by atoms with Gasteiger partial charge in [0.25, 0.3) is 0 Å². The van der Waals surface area contributed by atoms with Gasteiger partial charge in [-0.2, -0.15) is 0 Å². The Labute approximate surface area is 174 Å². The molecule has 6 bridgehead atoms. The molecule has 0 spiro atoms. The van der Waals surface area contributed by atoms with Gasteiger partial charge in [0, 0.05) is 23.8 Å². The van der Waals surface area contributed by atoms with E-state index in [2.05, 4.69) is 35.2 Å². The third kappa shape index (κ3) is 2.79. The fourth-order valence-electron chi connectivity index (χ4n) is 8.99. The maximum Gasteiger partial charge on any atom is 0.139 e. The summed E-state index contributed by atoms with van der Waals surface area (Å²) < 4.78 is 14.5. The number of ketones is 1. The van der Waals surface area contributed by atoms with Crippen LogP contribution in [0.4, 0.5) is 4.39 Å². The number of fused-ring (bicyclic) bond motifs is 3. The Morgan fingerprint density at radius 3 is 2.52 bits per heavy atom. The number of Topliss-reactive ketones (excluding diaryl/α,β-unsaturated/α-hetero) is 1. The Morgan fingerprint density at radius 2 is 1.83 bits per heavy atom. The maximum atomic E-state index is 14.5. The molecule has 5 atom stereocenters. The molecule has 3 heterocycles. The molecule has 0 amide bonds. The lowest BCUT2D eigenvalue weighted by Gasteiger charge is -2.66. The number of halogens is 1. The summed E-state index contributed by atoms with van der Waals surface area (Å²) in [7, 11) is 0. The highest BCUT2D eigenvalue weighted by atomic mass is 19.1. The SMILES string of the molecule is O=C(C[C@H]1CN2CCC1CC2)C12CC3C[C@](CF)(C1)C[C@@](c1ccccc1)(C3)C2. The predicted octanol–water partition coefficient (Wildman–Crippen LogP) is 5.17. The van der Waals surface area contributed by atoms with Crippen molar-refractivity contribution in [3.8, 4) is 0 Å². The van der Waals surface area contributed by atoms with E-state index in [-0.39, 0.29) is 22.9 Å². The number of hydrogen-bond acceptors (Lipinski definition) is 2. The summed E-state index contributed by atoms with van der Waals surface area (Å²) >= 11 is 0. The quantitative estimate of drug-likeness (QED) is 0.686. The highest BCUT2D eigenvalue weighted by Gasteiger charge is 2.65. The van der Waals surface area contributed by atoms with E-state index in [4.69, 9.17) is 0 Å². The molecule has 4 aliphatic carbocycles. The molecule has 156 valence electrons. The number of rotatable bonds is 5. The maximum absolute atomic E-state index is 14.5. The van der Waals surface area contributed by atoms with Crippen molar-refractivity contribution < 1.29 is 9.18 Å². The Balaban J connectivity index is 1.33. The molecule has 1 aromatic rings. The molecule has 0 radical (unpaired) electrons. The molecular weight excluding hydrogens is 361 g/mol. The lowest BCUT2D eigenvalue weighted by molar-refractivity contribution is -0.165. The van der Waals surface area contributed by atoms with Gasteiger partial charge < -0.3 is 4.90 Å². The van der Waals surface area contributed by atoms with Crippen LogP contribution in [0.1, 0.15) is 63.4 Å². The van der Waals surface area contributed by atoms with Gasteiger partial charge in [-0.25, -0.2) is 0 Å². The van der Waals surface area contributed by atoms with Gasteiger partial charge in [0.1, 0.15) is 5.78 Å². The van der Waals surface area contributed by atoms with Gasteiger partial charge in [-0.05, 0) is 93.2 Å². The summed E-state index contributed by atoms with van der Waals surface area (Å²) in [5.74, 6) is 2.32. The number of benzene rings is 1. The van der Waals surface area contributed by atoms with E-state index in [0.717, 1.165) is 57.4 Å². The van der Waals surface area contributed by atoms with Crippen molar-refractivity contribution in [2.24, 2.45) is 28.6 Å². The second-order valence-corrected chi connectivity index (χ2v) is 11.6. The van der Waals surface area contributed by atoms with Crippen molar-refractivity contribution in [3.63, 3.8) is 0 Å². The van der Waals surface area contributed by atoms with E-state index in [9.17, 15) is 9.18 Å². The zero-order chi connectivity index (χ0) is 19.7. The number of hydrogen-bond donors (Lipinski definition) is 0.